The van der Waals surface area contributed by atoms with Crippen molar-refractivity contribution in [2.24, 2.45) is 0 Å². The van der Waals surface area contributed by atoms with Gasteiger partial charge >= 0.3 is 0 Å². The topological polar surface area (TPSA) is 8.81 Å². The number of hydrogen-bond acceptors (Lipinski definition) is 0. The molecule has 0 spiro atoms. The zero-order valence-corrected chi connectivity index (χ0v) is 17.3. The molecule has 3 rings (SSSR count). The Balaban J connectivity index is 0.00000243. The molecular formula is C21H25F2IN2. The van der Waals surface area contributed by atoms with Crippen molar-refractivity contribution in [2.45, 2.75) is 52.0 Å². The van der Waals surface area contributed by atoms with Gasteiger partial charge in [0.2, 0.25) is 6.33 Å². The Kier molecular flexibility index (Phi) is 8.00. The van der Waals surface area contributed by atoms with E-state index < -0.39 is 11.6 Å². The minimum atomic E-state index is -0.558. The number of unbranched alkanes of at least 4 members (excludes halogenated alkanes) is 5. The Morgan fingerprint density at radius 3 is 2.42 bits per heavy atom. The Bertz CT molecular complexity index is 845. The summed E-state index contributed by atoms with van der Waals surface area (Å²) in [7, 11) is 0. The first-order chi connectivity index (χ1) is 12.2. The van der Waals surface area contributed by atoms with Crippen LogP contribution in [0.5, 0.6) is 0 Å². The summed E-state index contributed by atoms with van der Waals surface area (Å²) in [6, 6.07) is 11.7. The number of aromatic nitrogens is 2. The SMILES string of the molecule is CCCCCCCC[n+]1cn(-c2ccc(F)cc2F)c2ccccc21.[I-]. The van der Waals surface area contributed by atoms with Crippen molar-refractivity contribution in [2.75, 3.05) is 0 Å². The van der Waals surface area contributed by atoms with Crippen LogP contribution in [0.15, 0.2) is 48.8 Å². The number of hydrogen-bond donors (Lipinski definition) is 0. The number of halogens is 3. The van der Waals surface area contributed by atoms with Crippen LogP contribution in [0.1, 0.15) is 45.4 Å². The van der Waals surface area contributed by atoms with Crippen molar-refractivity contribution in [1.82, 2.24) is 4.57 Å². The van der Waals surface area contributed by atoms with Gasteiger partial charge in [-0.25, -0.2) is 13.3 Å². The van der Waals surface area contributed by atoms with E-state index in [-0.39, 0.29) is 24.0 Å². The van der Waals surface area contributed by atoms with E-state index in [1.54, 1.807) is 4.57 Å². The maximum atomic E-state index is 14.2. The highest BCUT2D eigenvalue weighted by atomic mass is 127. The fraction of sp³-hybridized carbons (Fsp3) is 0.381. The van der Waals surface area contributed by atoms with Gasteiger partial charge in [-0.1, -0.05) is 44.7 Å². The average Bonchev–Trinajstić information content (AvgIpc) is 2.97. The first-order valence-electron chi connectivity index (χ1n) is 9.15. The monoisotopic (exact) mass is 470 g/mol. The third-order valence-electron chi connectivity index (χ3n) is 4.63. The molecule has 3 aromatic rings. The third kappa shape index (κ3) is 4.81. The van der Waals surface area contributed by atoms with E-state index in [0.29, 0.717) is 5.69 Å². The standard InChI is InChI=1S/C21H25F2N2.HI/c1-2-3-4-5-6-9-14-24-16-25(21-11-8-7-10-20(21)24)19-13-12-17(22)15-18(19)23;/h7-8,10-13,15-16H,2-6,9,14H2,1H3;1H/q+1;/p-1. The second-order valence-electron chi connectivity index (χ2n) is 6.53. The Morgan fingerprint density at radius 2 is 1.65 bits per heavy atom. The number of para-hydroxylation sites is 2. The van der Waals surface area contributed by atoms with Gasteiger partial charge in [-0.2, -0.15) is 4.57 Å². The number of nitrogens with zero attached hydrogens (tertiary/aromatic N) is 2. The Morgan fingerprint density at radius 1 is 0.923 bits per heavy atom. The fourth-order valence-electron chi connectivity index (χ4n) is 3.28. The molecule has 1 aromatic heterocycles. The maximum absolute atomic E-state index is 14.2. The second kappa shape index (κ2) is 10.00. The Hall–Kier alpha value is -1.50. The lowest BCUT2D eigenvalue weighted by Crippen LogP contribution is -3.00. The minimum Gasteiger partial charge on any atom is -1.00 e. The lowest BCUT2D eigenvalue weighted by Gasteiger charge is -2.00. The minimum absolute atomic E-state index is 0. The predicted octanol–water partition coefficient (Wildman–Crippen LogP) is 2.56. The number of aryl methyl sites for hydroxylation is 1. The van der Waals surface area contributed by atoms with E-state index in [2.05, 4.69) is 11.5 Å². The fourth-order valence-corrected chi connectivity index (χ4v) is 3.28. The Labute approximate surface area is 170 Å². The summed E-state index contributed by atoms with van der Waals surface area (Å²) in [6.07, 6.45) is 9.35. The third-order valence-corrected chi connectivity index (χ3v) is 4.63. The van der Waals surface area contributed by atoms with Crippen molar-refractivity contribution in [3.8, 4) is 5.69 Å². The van der Waals surface area contributed by atoms with E-state index in [0.717, 1.165) is 30.1 Å². The van der Waals surface area contributed by atoms with Crippen molar-refractivity contribution in [3.63, 3.8) is 0 Å². The molecule has 0 fully saturated rings. The van der Waals surface area contributed by atoms with E-state index in [1.165, 1.54) is 44.2 Å². The van der Waals surface area contributed by atoms with E-state index in [4.69, 9.17) is 0 Å². The first kappa shape index (κ1) is 20.8. The van der Waals surface area contributed by atoms with Gasteiger partial charge < -0.3 is 24.0 Å². The smallest absolute Gasteiger partial charge is 0.250 e. The van der Waals surface area contributed by atoms with Crippen LogP contribution in [0.25, 0.3) is 16.7 Å². The van der Waals surface area contributed by atoms with Crippen LogP contribution in [0.4, 0.5) is 8.78 Å². The van der Waals surface area contributed by atoms with E-state index in [9.17, 15) is 8.78 Å². The molecule has 5 heteroatoms. The summed E-state index contributed by atoms with van der Waals surface area (Å²) in [5, 5.41) is 0. The van der Waals surface area contributed by atoms with E-state index >= 15 is 0 Å². The lowest BCUT2D eigenvalue weighted by molar-refractivity contribution is -0.672. The number of imidazole rings is 1. The van der Waals surface area contributed by atoms with Crippen molar-refractivity contribution in [3.05, 3.63) is 60.4 Å². The molecule has 1 heterocycles. The molecule has 2 nitrogen and oxygen atoms in total. The summed E-state index contributed by atoms with van der Waals surface area (Å²) in [4.78, 5) is 0. The lowest BCUT2D eigenvalue weighted by atomic mass is 10.1. The number of rotatable bonds is 8. The zero-order chi connectivity index (χ0) is 17.6. The van der Waals surface area contributed by atoms with Crippen molar-refractivity contribution >= 4 is 11.0 Å². The number of fused-ring (bicyclic) bond motifs is 1. The summed E-state index contributed by atoms with van der Waals surface area (Å²) >= 11 is 0. The molecule has 0 aliphatic rings. The zero-order valence-electron chi connectivity index (χ0n) is 15.1. The highest BCUT2D eigenvalue weighted by Crippen LogP contribution is 2.20. The molecule has 0 amide bonds. The average molecular weight is 470 g/mol. The molecule has 0 unspecified atom stereocenters. The van der Waals surface area contributed by atoms with Gasteiger partial charge in [0.1, 0.15) is 5.82 Å². The molecule has 0 atom stereocenters. The molecule has 0 aliphatic heterocycles. The van der Waals surface area contributed by atoms with Crippen LogP contribution in [0, 0.1) is 11.6 Å². The summed E-state index contributed by atoms with van der Waals surface area (Å²) < 4.78 is 31.4. The van der Waals surface area contributed by atoms with Crippen LogP contribution >= 0.6 is 0 Å². The van der Waals surface area contributed by atoms with Crippen LogP contribution in [0.3, 0.4) is 0 Å². The molecular weight excluding hydrogens is 445 g/mol. The molecule has 0 saturated heterocycles. The molecule has 0 radical (unpaired) electrons. The van der Waals surface area contributed by atoms with Crippen LogP contribution < -0.4 is 28.5 Å². The summed E-state index contributed by atoms with van der Waals surface area (Å²) in [5.41, 5.74) is 2.37. The first-order valence-corrected chi connectivity index (χ1v) is 9.15. The van der Waals surface area contributed by atoms with Crippen LogP contribution in [0.2, 0.25) is 0 Å². The molecule has 0 saturated carbocycles. The second-order valence-corrected chi connectivity index (χ2v) is 6.53. The molecule has 2 aromatic carbocycles. The molecule has 0 N–H and O–H groups in total. The van der Waals surface area contributed by atoms with Crippen LogP contribution in [-0.4, -0.2) is 4.57 Å². The molecule has 0 aliphatic carbocycles. The van der Waals surface area contributed by atoms with Gasteiger partial charge in [0.25, 0.3) is 0 Å². The van der Waals surface area contributed by atoms with Crippen molar-refractivity contribution < 1.29 is 37.3 Å². The van der Waals surface area contributed by atoms with Gasteiger partial charge in [-0.3, -0.25) is 0 Å². The number of benzene rings is 2. The van der Waals surface area contributed by atoms with Gasteiger partial charge in [-0.05, 0) is 37.1 Å². The predicted molar refractivity (Wildman–Crippen MR) is 96.8 cm³/mol. The summed E-state index contributed by atoms with van der Waals surface area (Å²) in [6.45, 7) is 3.13. The van der Waals surface area contributed by atoms with Crippen molar-refractivity contribution in [1.29, 1.82) is 0 Å². The normalized spacial score (nSPS) is 10.9. The quantitative estimate of drug-likeness (QED) is 0.272. The summed E-state index contributed by atoms with van der Waals surface area (Å²) in [5.74, 6) is -1.11. The van der Waals surface area contributed by atoms with Gasteiger partial charge in [0.15, 0.2) is 22.5 Å². The maximum Gasteiger partial charge on any atom is 0.250 e. The van der Waals surface area contributed by atoms with Gasteiger partial charge in [0.05, 0.1) is 6.54 Å². The molecule has 140 valence electrons. The largest absolute Gasteiger partial charge is 1.00 e. The van der Waals surface area contributed by atoms with E-state index in [1.807, 2.05) is 30.6 Å². The van der Waals surface area contributed by atoms with Gasteiger partial charge in [-0.15, -0.1) is 0 Å². The van der Waals surface area contributed by atoms with Gasteiger partial charge in [0, 0.05) is 6.07 Å². The molecule has 26 heavy (non-hydrogen) atoms. The molecule has 0 bridgehead atoms. The highest BCUT2D eigenvalue weighted by molar-refractivity contribution is 5.74. The van der Waals surface area contributed by atoms with Crippen LogP contribution in [-0.2, 0) is 6.54 Å². The highest BCUT2D eigenvalue weighted by Gasteiger charge is 2.19.